The minimum absolute atomic E-state index is 0.0305. The third kappa shape index (κ3) is 4.70. The van der Waals surface area contributed by atoms with Gasteiger partial charge < -0.3 is 20.7 Å². The van der Waals surface area contributed by atoms with Crippen molar-refractivity contribution >= 4 is 12.0 Å². The average molecular weight is 271 g/mol. The van der Waals surface area contributed by atoms with Crippen molar-refractivity contribution in [2.75, 3.05) is 19.7 Å². The topological polar surface area (TPSA) is 84.7 Å². The number of amides is 2. The van der Waals surface area contributed by atoms with Crippen molar-refractivity contribution in [3.05, 3.63) is 0 Å². The first-order valence-electron chi connectivity index (χ1n) is 6.93. The van der Waals surface area contributed by atoms with Crippen molar-refractivity contribution in [2.45, 2.75) is 45.7 Å². The van der Waals surface area contributed by atoms with Crippen LogP contribution in [0.1, 0.15) is 33.6 Å². The second-order valence-electron chi connectivity index (χ2n) is 5.14. The van der Waals surface area contributed by atoms with Crippen molar-refractivity contribution in [2.24, 2.45) is 11.7 Å². The van der Waals surface area contributed by atoms with Crippen LogP contribution in [0.4, 0.5) is 4.79 Å². The van der Waals surface area contributed by atoms with Gasteiger partial charge in [0, 0.05) is 25.2 Å². The molecule has 110 valence electrons. The zero-order chi connectivity index (χ0) is 14.4. The Kier molecular flexibility index (Phi) is 6.08. The largest absolute Gasteiger partial charge is 0.450 e. The summed E-state index contributed by atoms with van der Waals surface area (Å²) in [6, 6.07) is -0.192. The summed E-state index contributed by atoms with van der Waals surface area (Å²) in [6.07, 6.45) is 1.34. The van der Waals surface area contributed by atoms with E-state index >= 15 is 0 Å². The van der Waals surface area contributed by atoms with Crippen LogP contribution >= 0.6 is 0 Å². The number of alkyl carbamates (subject to hydrolysis) is 1. The van der Waals surface area contributed by atoms with Gasteiger partial charge in [0.05, 0.1) is 12.5 Å². The quantitative estimate of drug-likeness (QED) is 0.788. The van der Waals surface area contributed by atoms with Gasteiger partial charge in [0.15, 0.2) is 0 Å². The molecule has 0 saturated carbocycles. The molecule has 0 aromatic carbocycles. The fourth-order valence-electron chi connectivity index (χ4n) is 2.15. The Bertz CT molecular complexity index is 320. The van der Waals surface area contributed by atoms with Gasteiger partial charge in [-0.05, 0) is 26.7 Å². The molecule has 0 bridgehead atoms. The maximum absolute atomic E-state index is 12.2. The monoisotopic (exact) mass is 271 g/mol. The lowest BCUT2D eigenvalue weighted by atomic mass is 9.99. The Morgan fingerprint density at radius 3 is 2.74 bits per heavy atom. The zero-order valence-electron chi connectivity index (χ0n) is 12.0. The van der Waals surface area contributed by atoms with Crippen LogP contribution in [0.3, 0.4) is 0 Å². The summed E-state index contributed by atoms with van der Waals surface area (Å²) in [5, 5.41) is 2.79. The molecular weight excluding hydrogens is 246 g/mol. The molecule has 3 unspecified atom stereocenters. The van der Waals surface area contributed by atoms with E-state index < -0.39 is 6.09 Å². The molecule has 1 aliphatic heterocycles. The Balaban J connectivity index is 2.50. The predicted octanol–water partition coefficient (Wildman–Crippen LogP) is 0.707. The number of carbonyl (C=O) groups is 2. The molecule has 0 radical (unpaired) electrons. The Morgan fingerprint density at radius 2 is 2.16 bits per heavy atom. The minimum Gasteiger partial charge on any atom is -0.450 e. The van der Waals surface area contributed by atoms with Gasteiger partial charge in [-0.25, -0.2) is 4.79 Å². The number of piperidine rings is 1. The lowest BCUT2D eigenvalue weighted by Crippen LogP contribution is -2.52. The van der Waals surface area contributed by atoms with Crippen molar-refractivity contribution in [3.63, 3.8) is 0 Å². The van der Waals surface area contributed by atoms with Gasteiger partial charge in [-0.2, -0.15) is 0 Å². The normalized spacial score (nSPS) is 22.5. The van der Waals surface area contributed by atoms with Gasteiger partial charge in [0.1, 0.15) is 0 Å². The number of ether oxygens (including phenoxy) is 1. The van der Waals surface area contributed by atoms with Crippen molar-refractivity contribution in [1.82, 2.24) is 10.2 Å². The van der Waals surface area contributed by atoms with Gasteiger partial charge in [0.2, 0.25) is 5.91 Å². The van der Waals surface area contributed by atoms with E-state index in [-0.39, 0.29) is 23.9 Å². The zero-order valence-corrected chi connectivity index (χ0v) is 12.0. The number of hydrogen-bond donors (Lipinski definition) is 2. The minimum atomic E-state index is -0.415. The lowest BCUT2D eigenvalue weighted by molar-refractivity contribution is -0.136. The number of hydrogen-bond acceptors (Lipinski definition) is 4. The van der Waals surface area contributed by atoms with Crippen LogP contribution < -0.4 is 11.1 Å². The fraction of sp³-hybridized carbons (Fsp3) is 0.846. The molecule has 1 rings (SSSR count). The third-order valence-corrected chi connectivity index (χ3v) is 3.51. The third-order valence-electron chi connectivity index (χ3n) is 3.51. The molecule has 1 saturated heterocycles. The summed E-state index contributed by atoms with van der Waals surface area (Å²) in [6.45, 7) is 7.06. The van der Waals surface area contributed by atoms with Gasteiger partial charge in [-0.1, -0.05) is 6.92 Å². The summed E-state index contributed by atoms with van der Waals surface area (Å²) in [5.74, 6) is -0.133. The number of nitrogens with two attached hydrogens (primary N) is 1. The predicted molar refractivity (Wildman–Crippen MR) is 72.6 cm³/mol. The van der Waals surface area contributed by atoms with Crippen LogP contribution in [0.15, 0.2) is 0 Å². The van der Waals surface area contributed by atoms with E-state index in [1.807, 2.05) is 13.8 Å². The average Bonchev–Trinajstić information content (AvgIpc) is 2.37. The molecule has 1 fully saturated rings. The van der Waals surface area contributed by atoms with E-state index in [4.69, 9.17) is 10.5 Å². The van der Waals surface area contributed by atoms with E-state index in [0.29, 0.717) is 13.2 Å². The summed E-state index contributed by atoms with van der Waals surface area (Å²) in [4.78, 5) is 25.4. The Hall–Kier alpha value is -1.30. The maximum Gasteiger partial charge on any atom is 0.407 e. The maximum atomic E-state index is 12.2. The molecule has 0 aliphatic carbocycles. The summed E-state index contributed by atoms with van der Waals surface area (Å²) in [5.41, 5.74) is 5.76. The van der Waals surface area contributed by atoms with Crippen LogP contribution in [-0.2, 0) is 9.53 Å². The van der Waals surface area contributed by atoms with Gasteiger partial charge in [0.25, 0.3) is 0 Å². The van der Waals surface area contributed by atoms with E-state index in [2.05, 4.69) is 5.32 Å². The number of nitrogens with one attached hydrogen (secondary N) is 1. The van der Waals surface area contributed by atoms with Crippen LogP contribution in [0, 0.1) is 5.92 Å². The van der Waals surface area contributed by atoms with Gasteiger partial charge in [-0.3, -0.25) is 4.79 Å². The molecule has 6 heteroatoms. The van der Waals surface area contributed by atoms with Crippen molar-refractivity contribution in [1.29, 1.82) is 0 Å². The molecule has 0 spiro atoms. The first-order chi connectivity index (χ1) is 8.95. The number of carbonyl (C=O) groups excluding carboxylic acids is 2. The summed E-state index contributed by atoms with van der Waals surface area (Å²) < 4.78 is 4.85. The summed E-state index contributed by atoms with van der Waals surface area (Å²) >= 11 is 0. The first-order valence-corrected chi connectivity index (χ1v) is 6.93. The Labute approximate surface area is 114 Å². The van der Waals surface area contributed by atoms with E-state index in [1.54, 1.807) is 11.8 Å². The molecule has 3 atom stereocenters. The number of rotatable bonds is 4. The van der Waals surface area contributed by atoms with Crippen LogP contribution in [0.2, 0.25) is 0 Å². The molecule has 19 heavy (non-hydrogen) atoms. The lowest BCUT2D eigenvalue weighted by Gasteiger charge is -2.35. The standard InChI is InChI=1S/C13H25N3O3/c1-4-19-13(18)15-11-6-5-7-16(8-11)12(17)9(2)10(3)14/h9-11H,4-8,14H2,1-3H3,(H,15,18). The number of nitrogens with zero attached hydrogens (tertiary/aromatic N) is 1. The molecule has 0 aromatic heterocycles. The molecule has 2 amide bonds. The highest BCUT2D eigenvalue weighted by atomic mass is 16.5. The highest BCUT2D eigenvalue weighted by Gasteiger charge is 2.29. The van der Waals surface area contributed by atoms with Crippen LogP contribution in [-0.4, -0.2) is 48.7 Å². The van der Waals surface area contributed by atoms with Crippen LogP contribution in [0.5, 0.6) is 0 Å². The van der Waals surface area contributed by atoms with E-state index in [9.17, 15) is 9.59 Å². The second kappa shape index (κ2) is 7.33. The van der Waals surface area contributed by atoms with Crippen LogP contribution in [0.25, 0.3) is 0 Å². The number of likely N-dealkylation sites (tertiary alicyclic amines) is 1. The fourth-order valence-corrected chi connectivity index (χ4v) is 2.15. The van der Waals surface area contributed by atoms with Crippen molar-refractivity contribution in [3.8, 4) is 0 Å². The Morgan fingerprint density at radius 1 is 1.47 bits per heavy atom. The van der Waals surface area contributed by atoms with Gasteiger partial charge >= 0.3 is 6.09 Å². The second-order valence-corrected chi connectivity index (χ2v) is 5.14. The smallest absolute Gasteiger partial charge is 0.407 e. The van der Waals surface area contributed by atoms with E-state index in [1.165, 1.54) is 0 Å². The molecule has 6 nitrogen and oxygen atoms in total. The molecule has 1 aliphatic rings. The highest BCUT2D eigenvalue weighted by molar-refractivity contribution is 5.79. The first kappa shape index (κ1) is 15.8. The molecule has 1 heterocycles. The molecule has 0 aromatic rings. The van der Waals surface area contributed by atoms with Gasteiger partial charge in [-0.15, -0.1) is 0 Å². The molecular formula is C13H25N3O3. The van der Waals surface area contributed by atoms with Crippen molar-refractivity contribution < 1.29 is 14.3 Å². The summed E-state index contributed by atoms with van der Waals surface area (Å²) in [7, 11) is 0. The SMILES string of the molecule is CCOC(=O)NC1CCCN(C(=O)C(C)C(C)N)C1. The molecule has 3 N–H and O–H groups in total. The van der Waals surface area contributed by atoms with E-state index in [0.717, 1.165) is 19.4 Å². The highest BCUT2D eigenvalue weighted by Crippen LogP contribution is 2.14.